The number of hydrogen-bond donors (Lipinski definition) is 0. The van der Waals surface area contributed by atoms with Gasteiger partial charge in [-0.05, 0) is 49.4 Å². The van der Waals surface area contributed by atoms with E-state index in [1.165, 1.54) is 27.7 Å². The van der Waals surface area contributed by atoms with Crippen LogP contribution in [0.5, 0.6) is 0 Å². The Hall–Kier alpha value is -2.56. The maximum absolute atomic E-state index is 10.8. The van der Waals surface area contributed by atoms with Gasteiger partial charge in [0.15, 0.2) is 0 Å². The fourth-order valence-corrected chi connectivity index (χ4v) is 4.52. The van der Waals surface area contributed by atoms with E-state index in [-0.39, 0.29) is 49.3 Å². The maximum Gasteiger partial charge on any atom is 4.00 e. The molecule has 4 atom stereocenters. The van der Waals surface area contributed by atoms with Crippen molar-refractivity contribution in [2.24, 2.45) is 45.3 Å². The number of Topliss-reactive ketones (excluding diaryl/α,β-unsaturated/α-hetero) is 4. The standard InChI is InChI=1S/4C8H14O3.Zr/c4*1-5(9)6(7(10)11)8(2,3)4;/h4*6H,1-4H3,(H,10,11);/q;;;;+4/p-4. The summed E-state index contributed by atoms with van der Waals surface area (Å²) in [6.45, 7) is 25.5. The predicted molar refractivity (Wildman–Crippen MR) is 155 cm³/mol. The summed E-state index contributed by atoms with van der Waals surface area (Å²) < 4.78 is 0. The SMILES string of the molecule is CC(=O)C(C(=O)[O-])C(C)(C)C.CC(=O)C(C(=O)[O-])C(C)(C)C.CC(=O)C(C(=O)[O-])C(C)(C)C.CC(=O)C(C(=O)[O-])C(C)(C)C.[Zr+4]. The van der Waals surface area contributed by atoms with Gasteiger partial charge in [0, 0.05) is 0 Å². The predicted octanol–water partition coefficient (Wildman–Crippen LogP) is -0.0521. The zero-order valence-corrected chi connectivity index (χ0v) is 32.2. The van der Waals surface area contributed by atoms with Gasteiger partial charge in [0.05, 0.1) is 47.5 Å². The van der Waals surface area contributed by atoms with Crippen LogP contribution in [0.1, 0.15) is 111 Å². The first-order valence-electron chi connectivity index (χ1n) is 13.9. The van der Waals surface area contributed by atoms with Crippen LogP contribution in [0.2, 0.25) is 0 Å². The fourth-order valence-electron chi connectivity index (χ4n) is 4.52. The van der Waals surface area contributed by atoms with Gasteiger partial charge in [0.1, 0.15) is 23.1 Å². The van der Waals surface area contributed by atoms with Gasteiger partial charge < -0.3 is 39.6 Å². The molecule has 0 aliphatic rings. The molecule has 12 nitrogen and oxygen atoms in total. The van der Waals surface area contributed by atoms with Crippen molar-refractivity contribution in [1.82, 2.24) is 0 Å². The van der Waals surface area contributed by atoms with Crippen LogP contribution in [0.3, 0.4) is 0 Å². The quantitative estimate of drug-likeness (QED) is 0.301. The van der Waals surface area contributed by atoms with Crippen LogP contribution in [-0.2, 0) is 64.6 Å². The Balaban J connectivity index is -0.000000157. The zero-order valence-electron chi connectivity index (χ0n) is 29.7. The van der Waals surface area contributed by atoms with Crippen LogP contribution in [0.4, 0.5) is 0 Å². The fraction of sp³-hybridized carbons (Fsp3) is 0.750. The summed E-state index contributed by atoms with van der Waals surface area (Å²) in [4.78, 5) is 85.1. The Morgan fingerprint density at radius 2 is 0.422 bits per heavy atom. The summed E-state index contributed by atoms with van der Waals surface area (Å²) in [7, 11) is 0. The molecule has 0 aromatic carbocycles. The van der Waals surface area contributed by atoms with Crippen molar-refractivity contribution in [3.63, 3.8) is 0 Å². The van der Waals surface area contributed by atoms with Crippen molar-refractivity contribution in [3.8, 4) is 0 Å². The van der Waals surface area contributed by atoms with Crippen LogP contribution in [0.25, 0.3) is 0 Å². The third-order valence-corrected chi connectivity index (χ3v) is 6.03. The average Bonchev–Trinajstić information content (AvgIpc) is 2.60. The van der Waals surface area contributed by atoms with Crippen LogP contribution < -0.4 is 20.4 Å². The molecule has 0 saturated carbocycles. The maximum atomic E-state index is 10.8. The number of ketones is 4. The minimum absolute atomic E-state index is 0. The molecule has 0 N–H and O–H groups in total. The number of carboxylic acids is 4. The normalized spacial score (nSPS) is 13.9. The molecule has 0 aliphatic carbocycles. The van der Waals surface area contributed by atoms with E-state index in [1.807, 2.05) is 0 Å². The molecule has 13 heteroatoms. The summed E-state index contributed by atoms with van der Waals surface area (Å²) >= 11 is 0. The first-order chi connectivity index (χ1) is 19.1. The van der Waals surface area contributed by atoms with E-state index in [2.05, 4.69) is 0 Å². The van der Waals surface area contributed by atoms with Crippen molar-refractivity contribution in [2.45, 2.75) is 111 Å². The van der Waals surface area contributed by atoms with Gasteiger partial charge in [-0.15, -0.1) is 0 Å². The molecule has 0 spiro atoms. The number of carbonyl (C=O) groups excluding carboxylic acids is 8. The smallest absolute Gasteiger partial charge is 0.549 e. The molecule has 0 radical (unpaired) electrons. The molecule has 0 rings (SSSR count). The van der Waals surface area contributed by atoms with E-state index >= 15 is 0 Å². The molecule has 0 saturated heterocycles. The van der Waals surface area contributed by atoms with Crippen molar-refractivity contribution < 1.29 is 85.0 Å². The topological polar surface area (TPSA) is 229 Å². The van der Waals surface area contributed by atoms with Crippen LogP contribution in [0.15, 0.2) is 0 Å². The molecule has 0 fully saturated rings. The molecule has 0 aromatic rings. The molecule has 0 heterocycles. The van der Waals surface area contributed by atoms with Crippen molar-refractivity contribution in [2.75, 3.05) is 0 Å². The summed E-state index contributed by atoms with van der Waals surface area (Å²) in [5.41, 5.74) is -2.20. The first-order valence-corrected chi connectivity index (χ1v) is 13.9. The summed E-state index contributed by atoms with van der Waals surface area (Å²) in [6.07, 6.45) is 0. The Bertz CT molecular complexity index is 824. The summed E-state index contributed by atoms with van der Waals surface area (Å²) in [5.74, 6) is -10.5. The molecule has 0 aromatic heterocycles. The summed E-state index contributed by atoms with van der Waals surface area (Å²) in [5, 5.41) is 41.8. The Morgan fingerprint density at radius 3 is 0.422 bits per heavy atom. The molecule has 0 amide bonds. The monoisotopic (exact) mass is 718 g/mol. The van der Waals surface area contributed by atoms with E-state index in [1.54, 1.807) is 83.1 Å². The van der Waals surface area contributed by atoms with Gasteiger partial charge in [-0.2, -0.15) is 0 Å². The Morgan fingerprint density at radius 1 is 0.333 bits per heavy atom. The number of carboxylic acid groups (broad SMARTS) is 4. The van der Waals surface area contributed by atoms with Crippen LogP contribution in [-0.4, -0.2) is 47.0 Å². The minimum Gasteiger partial charge on any atom is -0.549 e. The zero-order chi connectivity index (χ0) is 36.9. The van der Waals surface area contributed by atoms with Crippen molar-refractivity contribution in [1.29, 1.82) is 0 Å². The van der Waals surface area contributed by atoms with E-state index in [0.29, 0.717) is 0 Å². The van der Waals surface area contributed by atoms with E-state index in [4.69, 9.17) is 0 Å². The third-order valence-electron chi connectivity index (χ3n) is 6.03. The Kier molecular flexibility index (Phi) is 23.7. The third kappa shape index (κ3) is 22.6. The second-order valence-corrected chi connectivity index (χ2v) is 14.9. The molecule has 45 heavy (non-hydrogen) atoms. The summed E-state index contributed by atoms with van der Waals surface area (Å²) in [6, 6.07) is 0. The number of rotatable bonds is 8. The average molecular weight is 720 g/mol. The molecule has 0 aliphatic heterocycles. The van der Waals surface area contributed by atoms with Gasteiger partial charge in [0.2, 0.25) is 0 Å². The first kappa shape index (κ1) is 52.0. The Labute approximate surface area is 287 Å². The molecular weight excluding hydrogens is 668 g/mol. The van der Waals surface area contributed by atoms with Crippen molar-refractivity contribution in [3.05, 3.63) is 0 Å². The van der Waals surface area contributed by atoms with E-state index in [9.17, 15) is 58.8 Å². The number of carbonyl (C=O) groups is 8. The molecule has 4 unspecified atom stereocenters. The molecule has 256 valence electrons. The minimum atomic E-state index is -1.29. The van der Waals surface area contributed by atoms with Gasteiger partial charge in [-0.25, -0.2) is 0 Å². The molecular formula is C32H52O12Zr. The van der Waals surface area contributed by atoms with Crippen LogP contribution in [0, 0.1) is 45.3 Å². The van der Waals surface area contributed by atoms with E-state index < -0.39 is 69.2 Å². The van der Waals surface area contributed by atoms with Gasteiger partial charge in [-0.1, -0.05) is 83.1 Å². The number of hydrogen-bond acceptors (Lipinski definition) is 12. The largest absolute Gasteiger partial charge is 4.00 e. The van der Waals surface area contributed by atoms with Gasteiger partial charge in [-0.3, -0.25) is 19.2 Å². The molecule has 0 bridgehead atoms. The van der Waals surface area contributed by atoms with Crippen molar-refractivity contribution >= 4 is 47.0 Å². The van der Waals surface area contributed by atoms with E-state index in [0.717, 1.165) is 0 Å². The van der Waals surface area contributed by atoms with Gasteiger partial charge in [0.25, 0.3) is 0 Å². The van der Waals surface area contributed by atoms with Gasteiger partial charge >= 0.3 is 26.2 Å². The number of aliphatic carboxylic acids is 4. The second kappa shape index (κ2) is 20.5. The van der Waals surface area contributed by atoms with Crippen LogP contribution >= 0.6 is 0 Å². The second-order valence-electron chi connectivity index (χ2n) is 14.9.